The molecular formula is C18H23N3O5S. The monoisotopic (exact) mass is 393 g/mol. The number of piperidine rings is 1. The maximum Gasteiger partial charge on any atom is 0.246 e. The molecule has 1 N–H and O–H groups in total. The first-order valence-electron chi connectivity index (χ1n) is 8.80. The van der Waals surface area contributed by atoms with Crippen molar-refractivity contribution in [3.8, 4) is 0 Å². The zero-order chi connectivity index (χ0) is 19.4. The van der Waals surface area contributed by atoms with Gasteiger partial charge < -0.3 is 13.8 Å². The van der Waals surface area contributed by atoms with Crippen molar-refractivity contribution in [2.75, 3.05) is 19.6 Å². The van der Waals surface area contributed by atoms with Crippen LogP contribution in [-0.4, -0.2) is 44.0 Å². The molecule has 3 heterocycles. The zero-order valence-corrected chi connectivity index (χ0v) is 16.2. The average molecular weight is 393 g/mol. The van der Waals surface area contributed by atoms with Gasteiger partial charge in [0, 0.05) is 25.7 Å². The molecule has 0 radical (unpaired) electrons. The second kappa shape index (κ2) is 8.10. The molecule has 9 heteroatoms. The molecule has 1 aliphatic heterocycles. The molecule has 1 aliphatic rings. The van der Waals surface area contributed by atoms with Gasteiger partial charge in [-0.25, -0.2) is 13.1 Å². The molecule has 0 aliphatic carbocycles. The van der Waals surface area contributed by atoms with Crippen LogP contribution in [0.4, 0.5) is 0 Å². The number of aromatic nitrogens is 1. The summed E-state index contributed by atoms with van der Waals surface area (Å²) in [5, 5.41) is 3.69. The number of sulfonamides is 1. The Balaban J connectivity index is 1.49. The predicted octanol–water partition coefficient (Wildman–Crippen LogP) is 2.11. The normalized spacial score (nSPS) is 16.3. The molecule has 8 nitrogen and oxygen atoms in total. The SMILES string of the molecule is Cc1noc(C)c1S(=O)(=O)NCC1CCN(C(=O)/C=C/c2ccco2)CC1. The van der Waals surface area contributed by atoms with Crippen LogP contribution in [0.15, 0.2) is 38.3 Å². The van der Waals surface area contributed by atoms with Gasteiger partial charge in [0.1, 0.15) is 16.3 Å². The number of aryl methyl sites for hydroxylation is 2. The molecule has 0 unspecified atom stereocenters. The Kier molecular flexibility index (Phi) is 5.81. The number of hydrogen-bond donors (Lipinski definition) is 1. The lowest BCUT2D eigenvalue weighted by molar-refractivity contribution is -0.127. The van der Waals surface area contributed by atoms with Gasteiger partial charge in [-0.1, -0.05) is 5.16 Å². The molecule has 3 rings (SSSR count). The highest BCUT2D eigenvalue weighted by Crippen LogP contribution is 2.21. The number of nitrogens with one attached hydrogen (secondary N) is 1. The molecular weight excluding hydrogens is 370 g/mol. The first-order chi connectivity index (χ1) is 12.9. The highest BCUT2D eigenvalue weighted by Gasteiger charge is 2.27. The smallest absolute Gasteiger partial charge is 0.246 e. The Bertz CT molecular complexity index is 887. The lowest BCUT2D eigenvalue weighted by atomic mass is 9.97. The lowest BCUT2D eigenvalue weighted by Gasteiger charge is -2.31. The van der Waals surface area contributed by atoms with E-state index in [1.165, 1.54) is 6.08 Å². The van der Waals surface area contributed by atoms with Gasteiger partial charge in [0.25, 0.3) is 0 Å². The summed E-state index contributed by atoms with van der Waals surface area (Å²) in [7, 11) is -3.65. The highest BCUT2D eigenvalue weighted by molar-refractivity contribution is 7.89. The number of amides is 1. The number of carbonyl (C=O) groups is 1. The number of likely N-dealkylation sites (tertiary alicyclic amines) is 1. The van der Waals surface area contributed by atoms with Crippen molar-refractivity contribution in [2.24, 2.45) is 5.92 Å². The van der Waals surface area contributed by atoms with Crippen LogP contribution in [0, 0.1) is 19.8 Å². The standard InChI is InChI=1S/C18H23N3O5S/c1-13-18(14(2)26-20-13)27(23,24)19-12-15-7-9-21(10-8-15)17(22)6-5-16-4-3-11-25-16/h3-6,11,15,19H,7-10,12H2,1-2H3/b6-5+. The largest absolute Gasteiger partial charge is 0.465 e. The van der Waals surface area contributed by atoms with Crippen LogP contribution in [-0.2, 0) is 14.8 Å². The Morgan fingerprint density at radius 1 is 1.37 bits per heavy atom. The predicted molar refractivity (Wildman–Crippen MR) is 98.2 cm³/mol. The maximum absolute atomic E-state index is 12.5. The van der Waals surface area contributed by atoms with Gasteiger partial charge in [-0.3, -0.25) is 4.79 Å². The molecule has 27 heavy (non-hydrogen) atoms. The Hall–Kier alpha value is -2.39. The summed E-state index contributed by atoms with van der Waals surface area (Å²) in [4.78, 5) is 14.1. The molecule has 0 atom stereocenters. The van der Waals surface area contributed by atoms with Crippen molar-refractivity contribution in [1.82, 2.24) is 14.8 Å². The third kappa shape index (κ3) is 4.67. The van der Waals surface area contributed by atoms with Gasteiger partial charge in [0.05, 0.1) is 6.26 Å². The van der Waals surface area contributed by atoms with Gasteiger partial charge in [0.15, 0.2) is 5.76 Å². The van der Waals surface area contributed by atoms with Gasteiger partial charge in [-0.2, -0.15) is 0 Å². The lowest BCUT2D eigenvalue weighted by Crippen LogP contribution is -2.41. The van der Waals surface area contributed by atoms with Crippen molar-refractivity contribution in [2.45, 2.75) is 31.6 Å². The minimum atomic E-state index is -3.65. The summed E-state index contributed by atoms with van der Waals surface area (Å²) >= 11 is 0. The first kappa shape index (κ1) is 19.4. The molecule has 0 bridgehead atoms. The Labute approximate surface area is 158 Å². The van der Waals surface area contributed by atoms with Crippen LogP contribution >= 0.6 is 0 Å². The van der Waals surface area contributed by atoms with E-state index in [0.29, 0.717) is 31.1 Å². The third-order valence-corrected chi connectivity index (χ3v) is 6.33. The second-order valence-electron chi connectivity index (χ2n) is 6.62. The maximum atomic E-state index is 12.5. The fourth-order valence-electron chi connectivity index (χ4n) is 3.16. The van der Waals surface area contributed by atoms with Gasteiger partial charge >= 0.3 is 0 Å². The van der Waals surface area contributed by atoms with Gasteiger partial charge in [-0.05, 0) is 50.8 Å². The number of furan rings is 1. The number of carbonyl (C=O) groups excluding carboxylic acids is 1. The molecule has 2 aromatic heterocycles. The zero-order valence-electron chi connectivity index (χ0n) is 15.3. The van der Waals surface area contributed by atoms with Gasteiger partial charge in [0.2, 0.25) is 15.9 Å². The number of nitrogens with zero attached hydrogens (tertiary/aromatic N) is 2. The van der Waals surface area contributed by atoms with E-state index in [2.05, 4.69) is 9.88 Å². The van der Waals surface area contributed by atoms with Crippen molar-refractivity contribution in [3.63, 3.8) is 0 Å². The molecule has 1 amide bonds. The fourth-order valence-corrected chi connectivity index (χ4v) is 4.60. The van der Waals surface area contributed by atoms with Gasteiger partial charge in [-0.15, -0.1) is 0 Å². The van der Waals surface area contributed by atoms with Crippen LogP contribution in [0.5, 0.6) is 0 Å². The van der Waals surface area contributed by atoms with E-state index in [0.717, 1.165) is 12.8 Å². The number of rotatable bonds is 6. The summed E-state index contributed by atoms with van der Waals surface area (Å²) in [5.41, 5.74) is 0.351. The molecule has 146 valence electrons. The minimum absolute atomic E-state index is 0.0684. The fraction of sp³-hybridized carbons (Fsp3) is 0.444. The molecule has 1 fully saturated rings. The van der Waals surface area contributed by atoms with E-state index < -0.39 is 10.0 Å². The second-order valence-corrected chi connectivity index (χ2v) is 8.33. The molecule has 2 aromatic rings. The van der Waals surface area contributed by atoms with Crippen LogP contribution < -0.4 is 4.72 Å². The average Bonchev–Trinajstić information content (AvgIpc) is 3.28. The third-order valence-electron chi connectivity index (χ3n) is 4.66. The van der Waals surface area contributed by atoms with Crippen LogP contribution in [0.3, 0.4) is 0 Å². The summed E-state index contributed by atoms with van der Waals surface area (Å²) in [6.45, 7) is 4.70. The molecule has 0 spiro atoms. The molecule has 0 saturated carbocycles. The Morgan fingerprint density at radius 2 is 2.11 bits per heavy atom. The van der Waals surface area contributed by atoms with Crippen LogP contribution in [0.2, 0.25) is 0 Å². The van der Waals surface area contributed by atoms with E-state index in [1.807, 2.05) is 0 Å². The van der Waals surface area contributed by atoms with Crippen LogP contribution in [0.1, 0.15) is 30.1 Å². The van der Waals surface area contributed by atoms with Crippen molar-refractivity contribution in [3.05, 3.63) is 41.7 Å². The Morgan fingerprint density at radius 3 is 2.70 bits per heavy atom. The highest BCUT2D eigenvalue weighted by atomic mass is 32.2. The quantitative estimate of drug-likeness (QED) is 0.754. The topological polar surface area (TPSA) is 106 Å². The summed E-state index contributed by atoms with van der Waals surface area (Å²) in [5.74, 6) is 1.02. The number of hydrogen-bond acceptors (Lipinski definition) is 6. The van der Waals surface area contributed by atoms with Crippen LogP contribution in [0.25, 0.3) is 6.08 Å². The summed E-state index contributed by atoms with van der Waals surface area (Å²) in [6.07, 6.45) is 6.18. The molecule has 1 saturated heterocycles. The molecule has 0 aromatic carbocycles. The summed E-state index contributed by atoms with van der Waals surface area (Å²) in [6, 6.07) is 3.54. The van der Waals surface area contributed by atoms with Crippen molar-refractivity contribution < 1.29 is 22.2 Å². The van der Waals surface area contributed by atoms with Crippen molar-refractivity contribution in [1.29, 1.82) is 0 Å². The first-order valence-corrected chi connectivity index (χ1v) is 10.3. The van der Waals surface area contributed by atoms with E-state index in [1.54, 1.807) is 43.2 Å². The van der Waals surface area contributed by atoms with Crippen molar-refractivity contribution >= 4 is 22.0 Å². The minimum Gasteiger partial charge on any atom is -0.465 e. The van der Waals surface area contributed by atoms with E-state index in [-0.39, 0.29) is 22.5 Å². The van der Waals surface area contributed by atoms with E-state index in [4.69, 9.17) is 8.94 Å². The summed E-state index contributed by atoms with van der Waals surface area (Å²) < 4.78 is 37.7. The van der Waals surface area contributed by atoms with E-state index >= 15 is 0 Å². The van der Waals surface area contributed by atoms with E-state index in [9.17, 15) is 13.2 Å².